The second-order valence-electron chi connectivity index (χ2n) is 6.08. The first-order valence-corrected chi connectivity index (χ1v) is 7.97. The summed E-state index contributed by atoms with van der Waals surface area (Å²) in [5, 5.41) is 8.80. The van der Waals surface area contributed by atoms with E-state index in [1.54, 1.807) is 0 Å². The van der Waals surface area contributed by atoms with E-state index in [9.17, 15) is 0 Å². The number of rotatable bonds is 4. The van der Waals surface area contributed by atoms with Crippen LogP contribution in [0.2, 0.25) is 0 Å². The van der Waals surface area contributed by atoms with Crippen molar-refractivity contribution in [1.29, 1.82) is 0 Å². The first-order chi connectivity index (χ1) is 8.55. The predicted molar refractivity (Wildman–Crippen MR) is 79.0 cm³/mol. The highest BCUT2D eigenvalue weighted by Gasteiger charge is 2.15. The molecule has 1 aromatic rings. The zero-order chi connectivity index (χ0) is 13.0. The van der Waals surface area contributed by atoms with Gasteiger partial charge in [-0.25, -0.2) is 0 Å². The molecule has 0 radical (unpaired) electrons. The maximum absolute atomic E-state index is 4.42. The molecule has 0 spiro atoms. The Morgan fingerprint density at radius 2 is 2.28 bits per heavy atom. The minimum atomic E-state index is 0.0808. The minimum absolute atomic E-state index is 0.0808. The summed E-state index contributed by atoms with van der Waals surface area (Å²) in [6.45, 7) is 8.60. The van der Waals surface area contributed by atoms with Crippen LogP contribution in [0.5, 0.6) is 0 Å². The molecule has 1 atom stereocenters. The van der Waals surface area contributed by atoms with Gasteiger partial charge < -0.3 is 5.32 Å². The van der Waals surface area contributed by atoms with Crippen LogP contribution < -0.4 is 5.32 Å². The molecule has 4 heteroatoms. The van der Waals surface area contributed by atoms with Crippen LogP contribution in [0.4, 0.5) is 0 Å². The Bertz CT molecular complexity index is 361. The second kappa shape index (κ2) is 6.11. The normalized spacial score (nSPS) is 21.2. The Morgan fingerprint density at radius 1 is 1.44 bits per heavy atom. The molecule has 0 aliphatic carbocycles. The standard InChI is InChI=1S/C14H25N3S/c1-14(2,3)17-11-12(9-16-17)8-15-10-13-6-4-5-7-18-13/h9,11,13,15H,4-8,10H2,1-3H3. The van der Waals surface area contributed by atoms with Gasteiger partial charge >= 0.3 is 0 Å². The van der Waals surface area contributed by atoms with Crippen molar-refractivity contribution in [2.45, 2.75) is 57.4 Å². The van der Waals surface area contributed by atoms with Crippen LogP contribution in [0.15, 0.2) is 12.4 Å². The van der Waals surface area contributed by atoms with Crippen LogP contribution in [0.25, 0.3) is 0 Å². The van der Waals surface area contributed by atoms with Crippen molar-refractivity contribution in [2.24, 2.45) is 0 Å². The molecular formula is C14H25N3S. The Morgan fingerprint density at radius 3 is 2.89 bits per heavy atom. The molecule has 1 N–H and O–H groups in total. The predicted octanol–water partition coefficient (Wildman–Crippen LogP) is 3.01. The molecule has 1 saturated heterocycles. The quantitative estimate of drug-likeness (QED) is 0.909. The third-order valence-corrected chi connectivity index (χ3v) is 4.70. The van der Waals surface area contributed by atoms with Gasteiger partial charge in [-0.05, 0) is 39.4 Å². The molecule has 2 rings (SSSR count). The lowest BCUT2D eigenvalue weighted by atomic mass is 10.1. The molecule has 1 fully saturated rings. The van der Waals surface area contributed by atoms with Gasteiger partial charge in [0.25, 0.3) is 0 Å². The van der Waals surface area contributed by atoms with Crippen LogP contribution in [0, 0.1) is 0 Å². The van der Waals surface area contributed by atoms with Crippen LogP contribution in [-0.4, -0.2) is 27.3 Å². The highest BCUT2D eigenvalue weighted by molar-refractivity contribution is 7.99. The molecule has 0 aromatic carbocycles. The molecular weight excluding hydrogens is 242 g/mol. The van der Waals surface area contributed by atoms with E-state index >= 15 is 0 Å². The summed E-state index contributed by atoms with van der Waals surface area (Å²) >= 11 is 2.12. The van der Waals surface area contributed by atoms with Crippen LogP contribution in [-0.2, 0) is 12.1 Å². The number of aromatic nitrogens is 2. The average Bonchev–Trinajstić information content (AvgIpc) is 2.79. The van der Waals surface area contributed by atoms with Crippen molar-refractivity contribution in [2.75, 3.05) is 12.3 Å². The van der Waals surface area contributed by atoms with Gasteiger partial charge in [0, 0.05) is 30.1 Å². The van der Waals surface area contributed by atoms with Crippen molar-refractivity contribution in [3.63, 3.8) is 0 Å². The average molecular weight is 267 g/mol. The molecule has 1 aliphatic heterocycles. The van der Waals surface area contributed by atoms with Crippen LogP contribution in [0.1, 0.15) is 45.6 Å². The first-order valence-electron chi connectivity index (χ1n) is 6.92. The van der Waals surface area contributed by atoms with Crippen molar-refractivity contribution >= 4 is 11.8 Å². The number of hydrogen-bond acceptors (Lipinski definition) is 3. The van der Waals surface area contributed by atoms with E-state index in [-0.39, 0.29) is 5.54 Å². The summed E-state index contributed by atoms with van der Waals surface area (Å²) in [6, 6.07) is 0. The topological polar surface area (TPSA) is 29.9 Å². The van der Waals surface area contributed by atoms with Crippen molar-refractivity contribution in [3.8, 4) is 0 Å². The van der Waals surface area contributed by atoms with E-state index in [4.69, 9.17) is 0 Å². The molecule has 102 valence electrons. The summed E-state index contributed by atoms with van der Waals surface area (Å²) < 4.78 is 2.04. The molecule has 3 nitrogen and oxygen atoms in total. The van der Waals surface area contributed by atoms with Crippen molar-refractivity contribution < 1.29 is 0 Å². The van der Waals surface area contributed by atoms with Gasteiger partial charge in [0.05, 0.1) is 11.7 Å². The fraction of sp³-hybridized carbons (Fsp3) is 0.786. The second-order valence-corrected chi connectivity index (χ2v) is 7.49. The Kier molecular flexibility index (Phi) is 4.73. The first kappa shape index (κ1) is 13.9. The van der Waals surface area contributed by atoms with Crippen molar-refractivity contribution in [1.82, 2.24) is 15.1 Å². The zero-order valence-corrected chi connectivity index (χ0v) is 12.6. The van der Waals surface area contributed by atoms with E-state index in [0.717, 1.165) is 18.3 Å². The number of nitrogens with one attached hydrogen (secondary N) is 1. The molecule has 2 heterocycles. The molecule has 1 aliphatic rings. The Balaban J connectivity index is 1.74. The fourth-order valence-corrected chi connectivity index (χ4v) is 3.44. The van der Waals surface area contributed by atoms with E-state index in [1.807, 2.05) is 10.9 Å². The highest BCUT2D eigenvalue weighted by Crippen LogP contribution is 2.24. The Hall–Kier alpha value is -0.480. The zero-order valence-electron chi connectivity index (χ0n) is 11.8. The highest BCUT2D eigenvalue weighted by atomic mass is 32.2. The molecule has 0 bridgehead atoms. The molecule has 0 saturated carbocycles. The minimum Gasteiger partial charge on any atom is -0.311 e. The third kappa shape index (κ3) is 4.02. The monoisotopic (exact) mass is 267 g/mol. The van der Waals surface area contributed by atoms with Crippen LogP contribution >= 0.6 is 11.8 Å². The maximum atomic E-state index is 4.42. The van der Waals surface area contributed by atoms with Gasteiger partial charge in [-0.3, -0.25) is 4.68 Å². The molecule has 18 heavy (non-hydrogen) atoms. The van der Waals surface area contributed by atoms with Gasteiger partial charge in [-0.2, -0.15) is 16.9 Å². The fourth-order valence-electron chi connectivity index (χ4n) is 2.16. The number of hydrogen-bond donors (Lipinski definition) is 1. The summed E-state index contributed by atoms with van der Waals surface area (Å²) in [6.07, 6.45) is 8.31. The van der Waals surface area contributed by atoms with E-state index < -0.39 is 0 Å². The smallest absolute Gasteiger partial charge is 0.0543 e. The number of nitrogens with zero attached hydrogens (tertiary/aromatic N) is 2. The van der Waals surface area contributed by atoms with E-state index in [1.165, 1.54) is 30.6 Å². The van der Waals surface area contributed by atoms with Crippen LogP contribution in [0.3, 0.4) is 0 Å². The Labute approximate surface area is 115 Å². The largest absolute Gasteiger partial charge is 0.311 e. The van der Waals surface area contributed by atoms with Gasteiger partial charge in [0.2, 0.25) is 0 Å². The van der Waals surface area contributed by atoms with E-state index in [0.29, 0.717) is 0 Å². The lowest BCUT2D eigenvalue weighted by molar-refractivity contribution is 0.355. The summed E-state index contributed by atoms with van der Waals surface area (Å²) in [4.78, 5) is 0. The summed E-state index contributed by atoms with van der Waals surface area (Å²) in [5.41, 5.74) is 1.36. The van der Waals surface area contributed by atoms with Crippen molar-refractivity contribution in [3.05, 3.63) is 18.0 Å². The summed E-state index contributed by atoms with van der Waals surface area (Å²) in [5.74, 6) is 1.34. The lowest BCUT2D eigenvalue weighted by Crippen LogP contribution is -2.26. The maximum Gasteiger partial charge on any atom is 0.0543 e. The van der Waals surface area contributed by atoms with E-state index in [2.05, 4.69) is 49.1 Å². The third-order valence-electron chi connectivity index (χ3n) is 3.30. The SMILES string of the molecule is CC(C)(C)n1cc(CNCC2CCCCS2)cn1. The molecule has 0 amide bonds. The lowest BCUT2D eigenvalue weighted by Gasteiger charge is -2.21. The summed E-state index contributed by atoms with van der Waals surface area (Å²) in [7, 11) is 0. The molecule has 1 unspecified atom stereocenters. The van der Waals surface area contributed by atoms with Gasteiger partial charge in [-0.15, -0.1) is 0 Å². The number of thioether (sulfide) groups is 1. The van der Waals surface area contributed by atoms with Gasteiger partial charge in [-0.1, -0.05) is 6.42 Å². The van der Waals surface area contributed by atoms with Gasteiger partial charge in [0.1, 0.15) is 0 Å². The van der Waals surface area contributed by atoms with Gasteiger partial charge in [0.15, 0.2) is 0 Å². The molecule has 1 aromatic heterocycles.